The second kappa shape index (κ2) is 4.58. The van der Waals surface area contributed by atoms with Gasteiger partial charge in [0.05, 0.1) is 25.3 Å². The summed E-state index contributed by atoms with van der Waals surface area (Å²) in [4.78, 5) is 2.10. The van der Waals surface area contributed by atoms with Crippen LogP contribution in [0.5, 0.6) is 0 Å². The highest BCUT2D eigenvalue weighted by Crippen LogP contribution is 2.10. The minimum absolute atomic E-state index is 0.244. The van der Waals surface area contributed by atoms with Gasteiger partial charge in [-0.1, -0.05) is 0 Å². The summed E-state index contributed by atoms with van der Waals surface area (Å²) >= 11 is 0. The van der Waals surface area contributed by atoms with Crippen LogP contribution in [0.4, 0.5) is 0 Å². The van der Waals surface area contributed by atoms with E-state index in [0.29, 0.717) is 18.4 Å². The molecule has 2 atom stereocenters. The van der Waals surface area contributed by atoms with Gasteiger partial charge in [0.25, 0.3) is 0 Å². The maximum atomic E-state index is 7.81. The highest BCUT2D eigenvalue weighted by Gasteiger charge is 2.24. The summed E-state index contributed by atoms with van der Waals surface area (Å²) in [5, 5.41) is 10.8. The second-order valence-electron chi connectivity index (χ2n) is 3.62. The number of rotatable bonds is 2. The molecular formula is C9H19N3O. The zero-order chi connectivity index (χ0) is 9.84. The van der Waals surface area contributed by atoms with Crippen LogP contribution < -0.4 is 5.32 Å². The van der Waals surface area contributed by atoms with E-state index in [2.05, 4.69) is 17.1 Å². The van der Waals surface area contributed by atoms with Crippen LogP contribution in [-0.2, 0) is 4.74 Å². The van der Waals surface area contributed by atoms with Gasteiger partial charge in [0.1, 0.15) is 5.84 Å². The Morgan fingerprint density at radius 2 is 2.31 bits per heavy atom. The molecule has 0 aliphatic carbocycles. The van der Waals surface area contributed by atoms with Crippen LogP contribution in [0.1, 0.15) is 13.8 Å². The van der Waals surface area contributed by atoms with Gasteiger partial charge >= 0.3 is 0 Å². The summed E-state index contributed by atoms with van der Waals surface area (Å²) < 4.78 is 5.49. The van der Waals surface area contributed by atoms with Crippen molar-refractivity contribution in [1.82, 2.24) is 10.2 Å². The third-order valence-electron chi connectivity index (χ3n) is 2.30. The van der Waals surface area contributed by atoms with E-state index in [1.54, 1.807) is 0 Å². The number of likely N-dealkylation sites (N-methyl/N-ethyl adjacent to an activating group) is 1. The number of nitrogens with zero attached hydrogens (tertiary/aromatic N) is 1. The summed E-state index contributed by atoms with van der Waals surface area (Å²) in [6.45, 7) is 6.34. The molecule has 0 aromatic rings. The van der Waals surface area contributed by atoms with Gasteiger partial charge in [-0.3, -0.25) is 5.41 Å². The summed E-state index contributed by atoms with van der Waals surface area (Å²) in [5.41, 5.74) is 0. The SMILES string of the molecule is CNCC(=N)N1C[C@H](C)OCC1C. The average molecular weight is 185 g/mol. The molecule has 13 heavy (non-hydrogen) atoms. The first-order chi connectivity index (χ1) is 6.15. The number of hydrogen-bond donors (Lipinski definition) is 2. The van der Waals surface area contributed by atoms with E-state index >= 15 is 0 Å². The van der Waals surface area contributed by atoms with Crippen molar-refractivity contribution in [3.05, 3.63) is 0 Å². The second-order valence-corrected chi connectivity index (χ2v) is 3.62. The van der Waals surface area contributed by atoms with E-state index < -0.39 is 0 Å². The fourth-order valence-electron chi connectivity index (χ4n) is 1.55. The van der Waals surface area contributed by atoms with Crippen LogP contribution in [0, 0.1) is 5.41 Å². The molecule has 1 aliphatic heterocycles. The first-order valence-electron chi connectivity index (χ1n) is 4.75. The highest BCUT2D eigenvalue weighted by atomic mass is 16.5. The molecule has 0 spiro atoms. The molecule has 0 aromatic carbocycles. The summed E-state index contributed by atoms with van der Waals surface area (Å²) in [5.74, 6) is 0.658. The van der Waals surface area contributed by atoms with Crippen LogP contribution in [0.15, 0.2) is 0 Å². The Labute approximate surface area is 79.8 Å². The van der Waals surface area contributed by atoms with E-state index in [1.165, 1.54) is 0 Å². The lowest BCUT2D eigenvalue weighted by Crippen LogP contribution is -2.52. The zero-order valence-corrected chi connectivity index (χ0v) is 8.63. The summed E-state index contributed by atoms with van der Waals surface area (Å²) in [6.07, 6.45) is 0.244. The van der Waals surface area contributed by atoms with E-state index in [4.69, 9.17) is 10.1 Å². The van der Waals surface area contributed by atoms with E-state index in [9.17, 15) is 0 Å². The van der Waals surface area contributed by atoms with Crippen LogP contribution in [0.25, 0.3) is 0 Å². The lowest BCUT2D eigenvalue weighted by Gasteiger charge is -2.38. The van der Waals surface area contributed by atoms with Crippen LogP contribution in [0.2, 0.25) is 0 Å². The minimum Gasteiger partial charge on any atom is -0.375 e. The molecule has 0 saturated carbocycles. The maximum Gasteiger partial charge on any atom is 0.110 e. The van der Waals surface area contributed by atoms with Crippen molar-refractivity contribution in [3.63, 3.8) is 0 Å². The molecule has 1 heterocycles. The molecule has 0 radical (unpaired) electrons. The molecule has 1 rings (SSSR count). The zero-order valence-electron chi connectivity index (χ0n) is 8.63. The predicted molar refractivity (Wildman–Crippen MR) is 53.2 cm³/mol. The lowest BCUT2D eigenvalue weighted by atomic mass is 10.2. The third-order valence-corrected chi connectivity index (χ3v) is 2.30. The van der Waals surface area contributed by atoms with Gasteiger partial charge in [0.2, 0.25) is 0 Å². The Balaban J connectivity index is 2.50. The van der Waals surface area contributed by atoms with Gasteiger partial charge in [-0.25, -0.2) is 0 Å². The molecule has 1 aliphatic rings. The molecule has 1 fully saturated rings. The molecule has 0 bridgehead atoms. The quantitative estimate of drug-likeness (QED) is 0.480. The summed E-state index contributed by atoms with van der Waals surface area (Å²) in [6, 6.07) is 0.331. The van der Waals surface area contributed by atoms with Crippen molar-refractivity contribution < 1.29 is 4.74 Å². The molecular weight excluding hydrogens is 166 g/mol. The standard InChI is InChI=1S/C9H19N3O/c1-7-6-13-8(2)5-12(7)9(10)4-11-3/h7-8,10-11H,4-6H2,1-3H3/t7?,8-/m0/s1. The number of nitrogens with one attached hydrogen (secondary N) is 2. The fraction of sp³-hybridized carbons (Fsp3) is 0.889. The van der Waals surface area contributed by atoms with Gasteiger partial charge in [0.15, 0.2) is 0 Å². The van der Waals surface area contributed by atoms with Crippen molar-refractivity contribution >= 4 is 5.84 Å². The van der Waals surface area contributed by atoms with Gasteiger partial charge in [-0.2, -0.15) is 0 Å². The molecule has 1 unspecified atom stereocenters. The van der Waals surface area contributed by atoms with Gasteiger partial charge in [-0.15, -0.1) is 0 Å². The lowest BCUT2D eigenvalue weighted by molar-refractivity contribution is -0.0231. The topological polar surface area (TPSA) is 48.4 Å². The van der Waals surface area contributed by atoms with Crippen molar-refractivity contribution in [2.75, 3.05) is 26.7 Å². The minimum atomic E-state index is 0.244. The first-order valence-corrected chi connectivity index (χ1v) is 4.75. The molecule has 1 saturated heterocycles. The van der Waals surface area contributed by atoms with Crippen molar-refractivity contribution in [3.8, 4) is 0 Å². The van der Waals surface area contributed by atoms with Gasteiger partial charge in [0, 0.05) is 6.54 Å². The normalized spacial score (nSPS) is 29.0. The molecule has 4 heteroatoms. The van der Waals surface area contributed by atoms with Gasteiger partial charge < -0.3 is 15.0 Å². The number of amidine groups is 1. The first kappa shape index (κ1) is 10.5. The molecule has 4 nitrogen and oxygen atoms in total. The highest BCUT2D eigenvalue weighted by molar-refractivity contribution is 5.81. The monoisotopic (exact) mass is 185 g/mol. The van der Waals surface area contributed by atoms with Crippen LogP contribution in [-0.4, -0.2) is 49.6 Å². The predicted octanol–water partition coefficient (Wildman–Crippen LogP) is 0.292. The number of hydrogen-bond acceptors (Lipinski definition) is 3. The Bertz CT molecular complexity index is 184. The van der Waals surface area contributed by atoms with Crippen molar-refractivity contribution in [2.24, 2.45) is 0 Å². The summed E-state index contributed by atoms with van der Waals surface area (Å²) in [7, 11) is 1.86. The van der Waals surface area contributed by atoms with Crippen molar-refractivity contribution in [1.29, 1.82) is 5.41 Å². The maximum absolute atomic E-state index is 7.81. The Kier molecular flexibility index (Phi) is 3.69. The third kappa shape index (κ3) is 2.67. The average Bonchev–Trinajstić information content (AvgIpc) is 2.09. The molecule has 0 aromatic heterocycles. The Morgan fingerprint density at radius 3 is 2.92 bits per heavy atom. The van der Waals surface area contributed by atoms with Crippen LogP contribution in [0.3, 0.4) is 0 Å². The largest absolute Gasteiger partial charge is 0.375 e. The molecule has 2 N–H and O–H groups in total. The van der Waals surface area contributed by atoms with Crippen LogP contribution >= 0.6 is 0 Å². The van der Waals surface area contributed by atoms with Crippen molar-refractivity contribution in [2.45, 2.75) is 26.0 Å². The molecule has 76 valence electrons. The Hall–Kier alpha value is -0.610. The fourth-order valence-corrected chi connectivity index (χ4v) is 1.55. The smallest absolute Gasteiger partial charge is 0.110 e. The van der Waals surface area contributed by atoms with Gasteiger partial charge in [-0.05, 0) is 20.9 Å². The van der Waals surface area contributed by atoms with E-state index in [-0.39, 0.29) is 6.10 Å². The Morgan fingerprint density at radius 1 is 1.62 bits per heavy atom. The number of morpholine rings is 1. The van der Waals surface area contributed by atoms with E-state index in [1.807, 2.05) is 14.0 Å². The van der Waals surface area contributed by atoms with E-state index in [0.717, 1.165) is 13.2 Å². The molecule has 0 amide bonds. The number of ether oxygens (including phenoxy) is 1.